The first-order valence-electron chi connectivity index (χ1n) is 6.28. The summed E-state index contributed by atoms with van der Waals surface area (Å²) in [5.41, 5.74) is 5.30. The van der Waals surface area contributed by atoms with E-state index in [9.17, 15) is 9.59 Å². The molecule has 0 saturated heterocycles. The SMILES string of the molecule is COC(=O)c1ccc(NNC(=O)OC(C)(C)C)cc1OC. The molecule has 7 heteroatoms. The van der Waals surface area contributed by atoms with Crippen molar-refractivity contribution in [3.63, 3.8) is 0 Å². The Labute approximate surface area is 123 Å². The Morgan fingerprint density at radius 2 is 1.81 bits per heavy atom. The highest BCUT2D eigenvalue weighted by atomic mass is 16.6. The number of benzene rings is 1. The van der Waals surface area contributed by atoms with Crippen LogP contribution in [0.25, 0.3) is 0 Å². The lowest BCUT2D eigenvalue weighted by atomic mass is 10.2. The summed E-state index contributed by atoms with van der Waals surface area (Å²) >= 11 is 0. The minimum atomic E-state index is -0.612. The van der Waals surface area contributed by atoms with E-state index in [0.29, 0.717) is 17.0 Å². The second kappa shape index (κ2) is 6.83. The van der Waals surface area contributed by atoms with Gasteiger partial charge in [0.05, 0.1) is 19.9 Å². The zero-order valence-corrected chi connectivity index (χ0v) is 12.8. The third kappa shape index (κ3) is 5.21. The van der Waals surface area contributed by atoms with Crippen molar-refractivity contribution in [1.82, 2.24) is 5.43 Å². The molecule has 1 rings (SSSR count). The summed E-state index contributed by atoms with van der Waals surface area (Å²) in [7, 11) is 2.73. The number of hydrogen-bond donors (Lipinski definition) is 2. The number of hydrogen-bond acceptors (Lipinski definition) is 6. The fourth-order valence-electron chi connectivity index (χ4n) is 1.47. The molecule has 0 aliphatic heterocycles. The summed E-state index contributed by atoms with van der Waals surface area (Å²) in [6, 6.07) is 4.69. The van der Waals surface area contributed by atoms with Gasteiger partial charge in [0.15, 0.2) is 0 Å². The number of carbonyl (C=O) groups is 2. The molecule has 0 aromatic heterocycles. The summed E-state index contributed by atoms with van der Waals surface area (Å²) in [5.74, 6) is -0.170. The van der Waals surface area contributed by atoms with E-state index < -0.39 is 17.7 Å². The van der Waals surface area contributed by atoms with Crippen molar-refractivity contribution in [3.8, 4) is 5.75 Å². The third-order valence-corrected chi connectivity index (χ3v) is 2.31. The smallest absolute Gasteiger partial charge is 0.426 e. The van der Waals surface area contributed by atoms with E-state index in [1.807, 2.05) is 0 Å². The van der Waals surface area contributed by atoms with Crippen molar-refractivity contribution in [2.24, 2.45) is 0 Å². The molecule has 0 aliphatic rings. The van der Waals surface area contributed by atoms with Gasteiger partial charge in [0.25, 0.3) is 0 Å². The second-order valence-corrected chi connectivity index (χ2v) is 5.16. The maximum atomic E-state index is 11.5. The minimum Gasteiger partial charge on any atom is -0.496 e. The van der Waals surface area contributed by atoms with E-state index in [2.05, 4.69) is 15.6 Å². The summed E-state index contributed by atoms with van der Waals surface area (Å²) in [4.78, 5) is 23.0. The van der Waals surface area contributed by atoms with Crippen LogP contribution in [0.5, 0.6) is 5.75 Å². The molecule has 0 unspecified atom stereocenters. The first-order chi connectivity index (χ1) is 9.76. The molecule has 0 spiro atoms. The van der Waals surface area contributed by atoms with Crippen LogP contribution in [0.2, 0.25) is 0 Å². The van der Waals surface area contributed by atoms with E-state index >= 15 is 0 Å². The van der Waals surface area contributed by atoms with E-state index in [1.54, 1.807) is 32.9 Å². The number of carbonyl (C=O) groups excluding carboxylic acids is 2. The average Bonchev–Trinajstić information content (AvgIpc) is 2.42. The van der Waals surface area contributed by atoms with Crippen LogP contribution in [-0.2, 0) is 9.47 Å². The Kier molecular flexibility index (Phi) is 5.40. The third-order valence-electron chi connectivity index (χ3n) is 2.31. The molecule has 0 aliphatic carbocycles. The average molecular weight is 296 g/mol. The molecule has 0 heterocycles. The molecule has 1 amide bonds. The number of amides is 1. The summed E-state index contributed by atoms with van der Waals surface area (Å²) < 4.78 is 14.8. The number of methoxy groups -OCH3 is 2. The predicted molar refractivity (Wildman–Crippen MR) is 77.3 cm³/mol. The van der Waals surface area contributed by atoms with Crippen molar-refractivity contribution in [2.75, 3.05) is 19.6 Å². The Morgan fingerprint density at radius 1 is 1.14 bits per heavy atom. The molecule has 2 N–H and O–H groups in total. The highest BCUT2D eigenvalue weighted by molar-refractivity contribution is 5.93. The summed E-state index contributed by atoms with van der Waals surface area (Å²) in [6.07, 6.45) is -0.612. The number of rotatable bonds is 4. The van der Waals surface area contributed by atoms with E-state index in [-0.39, 0.29) is 0 Å². The van der Waals surface area contributed by atoms with Gasteiger partial charge in [-0.25, -0.2) is 15.0 Å². The van der Waals surface area contributed by atoms with Gasteiger partial charge in [0, 0.05) is 6.07 Å². The van der Waals surface area contributed by atoms with Gasteiger partial charge < -0.3 is 14.2 Å². The molecular weight excluding hydrogens is 276 g/mol. The van der Waals surface area contributed by atoms with Crippen LogP contribution in [0.1, 0.15) is 31.1 Å². The first kappa shape index (κ1) is 16.6. The molecule has 0 radical (unpaired) electrons. The number of ether oxygens (including phenoxy) is 3. The Morgan fingerprint density at radius 3 is 2.33 bits per heavy atom. The fraction of sp³-hybridized carbons (Fsp3) is 0.429. The van der Waals surface area contributed by atoms with Crippen molar-refractivity contribution in [1.29, 1.82) is 0 Å². The maximum absolute atomic E-state index is 11.5. The minimum absolute atomic E-state index is 0.294. The second-order valence-electron chi connectivity index (χ2n) is 5.16. The normalized spacial score (nSPS) is 10.5. The molecule has 0 bridgehead atoms. The fourth-order valence-corrected chi connectivity index (χ4v) is 1.47. The van der Waals surface area contributed by atoms with Crippen LogP contribution in [-0.4, -0.2) is 31.9 Å². The van der Waals surface area contributed by atoms with Gasteiger partial charge in [-0.2, -0.15) is 0 Å². The largest absolute Gasteiger partial charge is 0.496 e. The lowest BCUT2D eigenvalue weighted by Gasteiger charge is -2.20. The molecule has 1 aromatic rings. The summed E-state index contributed by atoms with van der Waals surface area (Å²) in [5, 5.41) is 0. The lowest BCUT2D eigenvalue weighted by Crippen LogP contribution is -2.35. The van der Waals surface area contributed by atoms with Gasteiger partial charge in [-0.1, -0.05) is 0 Å². The molecule has 0 atom stereocenters. The molecule has 7 nitrogen and oxygen atoms in total. The Hall–Kier alpha value is -2.44. The Bertz CT molecular complexity index is 523. The van der Waals surface area contributed by atoms with Gasteiger partial charge in [-0.05, 0) is 32.9 Å². The van der Waals surface area contributed by atoms with Gasteiger partial charge in [0.1, 0.15) is 16.9 Å². The zero-order valence-electron chi connectivity index (χ0n) is 12.8. The van der Waals surface area contributed by atoms with Gasteiger partial charge in [-0.3, -0.25) is 5.43 Å². The number of hydrazine groups is 1. The summed E-state index contributed by atoms with van der Waals surface area (Å²) in [6.45, 7) is 5.29. The van der Waals surface area contributed by atoms with Crippen molar-refractivity contribution in [3.05, 3.63) is 23.8 Å². The number of anilines is 1. The molecule has 21 heavy (non-hydrogen) atoms. The van der Waals surface area contributed by atoms with Crippen LogP contribution in [0.3, 0.4) is 0 Å². The van der Waals surface area contributed by atoms with Crippen molar-refractivity contribution >= 4 is 17.7 Å². The topological polar surface area (TPSA) is 85.9 Å². The van der Waals surface area contributed by atoms with Gasteiger partial charge >= 0.3 is 12.1 Å². The van der Waals surface area contributed by atoms with Crippen LogP contribution in [0, 0.1) is 0 Å². The Balaban J connectivity index is 2.73. The predicted octanol–water partition coefficient (Wildman–Crippen LogP) is 2.33. The van der Waals surface area contributed by atoms with E-state index in [1.165, 1.54) is 20.3 Å². The number of esters is 1. The first-order valence-corrected chi connectivity index (χ1v) is 6.28. The number of nitrogens with one attached hydrogen (secondary N) is 2. The van der Waals surface area contributed by atoms with E-state index in [4.69, 9.17) is 9.47 Å². The standard InChI is InChI=1S/C14H20N2O5/c1-14(2,3)21-13(18)16-15-9-6-7-10(12(17)20-5)11(8-9)19-4/h6-8,15H,1-5H3,(H,16,18). The highest BCUT2D eigenvalue weighted by Gasteiger charge is 2.16. The zero-order chi connectivity index (χ0) is 16.0. The van der Waals surface area contributed by atoms with Crippen molar-refractivity contribution < 1.29 is 23.8 Å². The lowest BCUT2D eigenvalue weighted by molar-refractivity contribution is 0.0539. The molecular formula is C14H20N2O5. The van der Waals surface area contributed by atoms with Crippen molar-refractivity contribution in [2.45, 2.75) is 26.4 Å². The maximum Gasteiger partial charge on any atom is 0.426 e. The van der Waals surface area contributed by atoms with Gasteiger partial charge in [-0.15, -0.1) is 0 Å². The van der Waals surface area contributed by atoms with E-state index in [0.717, 1.165) is 0 Å². The van der Waals surface area contributed by atoms with Crippen LogP contribution < -0.4 is 15.6 Å². The molecule has 0 saturated carbocycles. The molecule has 116 valence electrons. The van der Waals surface area contributed by atoms with Gasteiger partial charge in [0.2, 0.25) is 0 Å². The van der Waals surface area contributed by atoms with Crippen LogP contribution in [0.4, 0.5) is 10.5 Å². The molecule has 1 aromatic carbocycles. The monoisotopic (exact) mass is 296 g/mol. The van der Waals surface area contributed by atoms with Crippen LogP contribution >= 0.6 is 0 Å². The quantitative estimate of drug-likeness (QED) is 0.655. The highest BCUT2D eigenvalue weighted by Crippen LogP contribution is 2.23. The van der Waals surface area contributed by atoms with Crippen LogP contribution in [0.15, 0.2) is 18.2 Å². The molecule has 0 fully saturated rings.